The number of aryl methyl sites for hydroxylation is 3. The molecule has 0 spiro atoms. The minimum Gasteiger partial charge on any atom is -0.478 e. The number of furan rings is 1. The first-order valence-corrected chi connectivity index (χ1v) is 7.21. The molecule has 0 aliphatic carbocycles. The van der Waals surface area contributed by atoms with Crippen molar-refractivity contribution in [3.63, 3.8) is 0 Å². The summed E-state index contributed by atoms with van der Waals surface area (Å²) >= 11 is 0. The van der Waals surface area contributed by atoms with Crippen LogP contribution in [0.2, 0.25) is 0 Å². The van der Waals surface area contributed by atoms with Crippen molar-refractivity contribution >= 4 is 23.0 Å². The van der Waals surface area contributed by atoms with Crippen LogP contribution in [0.15, 0.2) is 21.1 Å². The molecule has 0 fully saturated rings. The number of rotatable bonds is 4. The van der Waals surface area contributed by atoms with Crippen molar-refractivity contribution in [2.75, 3.05) is 0 Å². The lowest BCUT2D eigenvalue weighted by atomic mass is 10.1. The zero-order valence-electron chi connectivity index (χ0n) is 13.3. The van der Waals surface area contributed by atoms with Gasteiger partial charge in [0.15, 0.2) is 0 Å². The second-order valence-corrected chi connectivity index (χ2v) is 5.43. The first-order valence-electron chi connectivity index (χ1n) is 7.21. The minimum absolute atomic E-state index is 0.0696. The number of hydrogen-bond acceptors (Lipinski definition) is 6. The molecule has 0 aliphatic rings. The van der Waals surface area contributed by atoms with Crippen LogP contribution in [0.3, 0.4) is 0 Å². The van der Waals surface area contributed by atoms with E-state index in [1.807, 2.05) is 0 Å². The van der Waals surface area contributed by atoms with E-state index in [0.29, 0.717) is 39.6 Å². The van der Waals surface area contributed by atoms with Crippen molar-refractivity contribution in [1.29, 1.82) is 0 Å². The van der Waals surface area contributed by atoms with Crippen LogP contribution in [0.1, 0.15) is 43.6 Å². The van der Waals surface area contributed by atoms with Gasteiger partial charge < -0.3 is 19.4 Å². The van der Waals surface area contributed by atoms with Gasteiger partial charge in [0.05, 0.1) is 23.2 Å². The summed E-state index contributed by atoms with van der Waals surface area (Å²) in [6, 6.07) is 3.05. The predicted octanol–water partition coefficient (Wildman–Crippen LogP) is 2.37. The Morgan fingerprint density at radius 2 is 1.96 bits per heavy atom. The molecule has 2 N–H and O–H groups in total. The topological polar surface area (TPSA) is 118 Å². The van der Waals surface area contributed by atoms with Gasteiger partial charge in [-0.3, -0.25) is 4.79 Å². The summed E-state index contributed by atoms with van der Waals surface area (Å²) in [5.74, 6) is -0.755. The number of aromatic carboxylic acids is 1. The summed E-state index contributed by atoms with van der Waals surface area (Å²) in [5.41, 5.74) is 1.99. The largest absolute Gasteiger partial charge is 0.478 e. The molecule has 3 rings (SSSR count). The highest BCUT2D eigenvalue weighted by atomic mass is 16.5. The summed E-state index contributed by atoms with van der Waals surface area (Å²) in [5, 5.41) is 16.1. The molecule has 124 valence electrons. The number of carbonyl (C=O) groups excluding carboxylic acids is 1. The average molecular weight is 329 g/mol. The maximum Gasteiger partial charge on any atom is 0.339 e. The van der Waals surface area contributed by atoms with Gasteiger partial charge in [0, 0.05) is 5.69 Å². The van der Waals surface area contributed by atoms with Crippen molar-refractivity contribution in [3.8, 4) is 0 Å². The Labute approximate surface area is 136 Å². The molecule has 0 saturated carbocycles. The smallest absolute Gasteiger partial charge is 0.339 e. The highest BCUT2D eigenvalue weighted by molar-refractivity contribution is 6.06. The van der Waals surface area contributed by atoms with Crippen LogP contribution in [0.4, 0.5) is 0 Å². The molecular formula is C16H15N3O5. The normalized spacial score (nSPS) is 11.0. The Balaban J connectivity index is 1.84. The van der Waals surface area contributed by atoms with Crippen LogP contribution in [-0.2, 0) is 6.54 Å². The summed E-state index contributed by atoms with van der Waals surface area (Å²) in [6.07, 6.45) is 0. The third-order valence-electron chi connectivity index (χ3n) is 3.61. The van der Waals surface area contributed by atoms with E-state index in [0.717, 1.165) is 0 Å². The number of aromatic nitrogens is 2. The number of carbonyl (C=O) groups is 2. The van der Waals surface area contributed by atoms with Crippen molar-refractivity contribution in [1.82, 2.24) is 15.5 Å². The van der Waals surface area contributed by atoms with E-state index in [2.05, 4.69) is 15.5 Å². The highest BCUT2D eigenvalue weighted by Crippen LogP contribution is 2.22. The predicted molar refractivity (Wildman–Crippen MR) is 82.9 cm³/mol. The fourth-order valence-electron chi connectivity index (χ4n) is 2.50. The van der Waals surface area contributed by atoms with E-state index >= 15 is 0 Å². The first-order chi connectivity index (χ1) is 11.4. The number of pyridine rings is 1. The molecule has 3 heterocycles. The monoisotopic (exact) mass is 329 g/mol. The van der Waals surface area contributed by atoms with Gasteiger partial charge in [0.25, 0.3) is 11.6 Å². The zero-order valence-corrected chi connectivity index (χ0v) is 13.3. The van der Waals surface area contributed by atoms with Crippen molar-refractivity contribution < 1.29 is 23.6 Å². The Kier molecular flexibility index (Phi) is 3.80. The van der Waals surface area contributed by atoms with Crippen molar-refractivity contribution in [2.45, 2.75) is 27.3 Å². The molecule has 0 bridgehead atoms. The van der Waals surface area contributed by atoms with Crippen LogP contribution >= 0.6 is 0 Å². The summed E-state index contributed by atoms with van der Waals surface area (Å²) < 4.78 is 10.4. The van der Waals surface area contributed by atoms with E-state index < -0.39 is 5.97 Å². The lowest BCUT2D eigenvalue weighted by Gasteiger charge is -2.05. The molecule has 24 heavy (non-hydrogen) atoms. The average Bonchev–Trinajstić information content (AvgIpc) is 3.07. The molecule has 0 atom stereocenters. The Morgan fingerprint density at radius 1 is 1.21 bits per heavy atom. The number of hydrogen-bond donors (Lipinski definition) is 2. The molecule has 8 nitrogen and oxygen atoms in total. The molecule has 8 heteroatoms. The van der Waals surface area contributed by atoms with Crippen molar-refractivity contribution in [2.24, 2.45) is 0 Å². The third-order valence-corrected chi connectivity index (χ3v) is 3.61. The Morgan fingerprint density at radius 3 is 2.62 bits per heavy atom. The molecule has 0 aromatic carbocycles. The standard InChI is InChI=1S/C16H15N3O5/c1-7-4-12(13-8(2)19-24-15(13)18-7)14(20)17-6-10-5-11(16(21)22)9(3)23-10/h4-5H,6H2,1-3H3,(H,17,20)(H,21,22). The summed E-state index contributed by atoms with van der Waals surface area (Å²) in [7, 11) is 0. The van der Waals surface area contributed by atoms with E-state index in [1.165, 1.54) is 6.07 Å². The SMILES string of the molecule is Cc1cc(C(=O)NCc2cc(C(=O)O)c(C)o2)c2c(C)noc2n1. The van der Waals surface area contributed by atoms with Gasteiger partial charge in [0.1, 0.15) is 17.1 Å². The molecule has 0 saturated heterocycles. The highest BCUT2D eigenvalue weighted by Gasteiger charge is 2.19. The van der Waals surface area contributed by atoms with E-state index in [-0.39, 0.29) is 18.0 Å². The fraction of sp³-hybridized carbons (Fsp3) is 0.250. The van der Waals surface area contributed by atoms with E-state index in [4.69, 9.17) is 14.0 Å². The number of carboxylic acid groups (broad SMARTS) is 1. The van der Waals surface area contributed by atoms with Gasteiger partial charge in [-0.2, -0.15) is 0 Å². The van der Waals surface area contributed by atoms with Gasteiger partial charge in [-0.15, -0.1) is 0 Å². The van der Waals surface area contributed by atoms with Gasteiger partial charge in [-0.25, -0.2) is 9.78 Å². The number of amides is 1. The molecule has 0 unspecified atom stereocenters. The molecular weight excluding hydrogens is 314 g/mol. The zero-order chi connectivity index (χ0) is 17.4. The number of fused-ring (bicyclic) bond motifs is 1. The van der Waals surface area contributed by atoms with Crippen LogP contribution < -0.4 is 5.32 Å². The van der Waals surface area contributed by atoms with E-state index in [1.54, 1.807) is 26.8 Å². The quantitative estimate of drug-likeness (QED) is 0.754. The Bertz CT molecular complexity index is 954. The van der Waals surface area contributed by atoms with Crippen LogP contribution in [-0.4, -0.2) is 27.1 Å². The second kappa shape index (κ2) is 5.80. The maximum absolute atomic E-state index is 12.5. The minimum atomic E-state index is -1.07. The second-order valence-electron chi connectivity index (χ2n) is 5.43. The molecule has 3 aromatic rings. The lowest BCUT2D eigenvalue weighted by molar-refractivity contribution is 0.0694. The van der Waals surface area contributed by atoms with Crippen LogP contribution in [0, 0.1) is 20.8 Å². The number of nitrogens with zero attached hydrogens (tertiary/aromatic N) is 2. The van der Waals surface area contributed by atoms with E-state index in [9.17, 15) is 9.59 Å². The molecule has 1 amide bonds. The lowest BCUT2D eigenvalue weighted by Crippen LogP contribution is -2.23. The van der Waals surface area contributed by atoms with Gasteiger partial charge in [-0.05, 0) is 32.9 Å². The van der Waals surface area contributed by atoms with Gasteiger partial charge in [-0.1, -0.05) is 5.16 Å². The van der Waals surface area contributed by atoms with Crippen LogP contribution in [0.5, 0.6) is 0 Å². The molecule has 0 aliphatic heterocycles. The Hall–Kier alpha value is -3.16. The fourth-order valence-corrected chi connectivity index (χ4v) is 2.50. The number of nitrogens with one attached hydrogen (secondary N) is 1. The summed E-state index contributed by atoms with van der Waals surface area (Å²) in [6.45, 7) is 5.11. The number of carboxylic acids is 1. The van der Waals surface area contributed by atoms with Crippen LogP contribution in [0.25, 0.3) is 11.1 Å². The summed E-state index contributed by atoms with van der Waals surface area (Å²) in [4.78, 5) is 27.7. The molecule has 0 radical (unpaired) electrons. The first kappa shape index (κ1) is 15.7. The maximum atomic E-state index is 12.5. The van der Waals surface area contributed by atoms with Crippen molar-refractivity contribution in [3.05, 3.63) is 46.2 Å². The molecule has 3 aromatic heterocycles. The van der Waals surface area contributed by atoms with Gasteiger partial charge >= 0.3 is 5.97 Å². The van der Waals surface area contributed by atoms with Gasteiger partial charge in [0.2, 0.25) is 0 Å². The third kappa shape index (κ3) is 2.73.